The molecule has 12 heteroatoms. The van der Waals surface area contributed by atoms with Crippen LogP contribution in [0.15, 0.2) is 63.5 Å². The maximum atomic E-state index is 13.8. The van der Waals surface area contributed by atoms with Crippen molar-refractivity contribution < 1.29 is 28.7 Å². The van der Waals surface area contributed by atoms with Crippen LogP contribution in [0.25, 0.3) is 6.08 Å². The minimum atomic E-state index is -0.910. The van der Waals surface area contributed by atoms with E-state index in [-0.39, 0.29) is 30.0 Å². The van der Waals surface area contributed by atoms with Crippen LogP contribution in [0.3, 0.4) is 0 Å². The third-order valence-electron chi connectivity index (χ3n) is 5.98. The predicted molar refractivity (Wildman–Crippen MR) is 144 cm³/mol. The van der Waals surface area contributed by atoms with E-state index >= 15 is 0 Å². The predicted octanol–water partition coefficient (Wildman–Crippen LogP) is 2.74. The van der Waals surface area contributed by atoms with E-state index in [2.05, 4.69) is 4.99 Å². The quantitative estimate of drug-likeness (QED) is 0.162. The number of carbonyl (C=O) groups is 1. The largest absolute Gasteiger partial charge is 0.493 e. The van der Waals surface area contributed by atoms with Gasteiger partial charge in [-0.1, -0.05) is 23.5 Å². The molecular formula is C27H27N3O8S. The topological polar surface area (TPSA) is 131 Å². The van der Waals surface area contributed by atoms with E-state index in [1.807, 2.05) is 6.92 Å². The Balaban J connectivity index is 1.94. The van der Waals surface area contributed by atoms with Gasteiger partial charge in [0.15, 0.2) is 16.3 Å². The number of benzene rings is 2. The molecule has 0 bridgehead atoms. The molecule has 0 amide bonds. The molecule has 1 aromatic heterocycles. The zero-order valence-corrected chi connectivity index (χ0v) is 22.6. The number of allylic oxidation sites excluding steroid dienone is 1. The number of carbonyl (C=O) groups excluding carboxylic acids is 1. The van der Waals surface area contributed by atoms with Gasteiger partial charge in [-0.2, -0.15) is 0 Å². The first-order chi connectivity index (χ1) is 18.8. The molecule has 0 aliphatic carbocycles. The Hall–Kier alpha value is -4.29. The van der Waals surface area contributed by atoms with Gasteiger partial charge in [0.05, 0.1) is 41.0 Å². The van der Waals surface area contributed by atoms with Crippen molar-refractivity contribution in [3.05, 3.63) is 94.7 Å². The van der Waals surface area contributed by atoms with Gasteiger partial charge in [-0.3, -0.25) is 19.5 Å². The van der Waals surface area contributed by atoms with Crippen molar-refractivity contribution >= 4 is 29.1 Å². The molecule has 1 atom stereocenters. The SMILES string of the molecule is CCOc1c(OC)cccc1[C@@H]1C(C(=O)OCCOC)=C(C)N=c2s/c(=C/c3ccc([N+](=O)[O-])cc3)c(=O)n21. The number of rotatable bonds is 10. The molecule has 0 saturated carbocycles. The van der Waals surface area contributed by atoms with Crippen molar-refractivity contribution in [3.8, 4) is 11.5 Å². The van der Waals surface area contributed by atoms with E-state index in [0.717, 1.165) is 11.3 Å². The molecule has 2 aromatic carbocycles. The maximum Gasteiger partial charge on any atom is 0.338 e. The number of non-ortho nitro benzene ring substituents is 1. The van der Waals surface area contributed by atoms with Crippen LogP contribution in [0.5, 0.6) is 11.5 Å². The number of nitro groups is 1. The second kappa shape index (κ2) is 12.0. The summed E-state index contributed by atoms with van der Waals surface area (Å²) in [7, 11) is 3.01. The number of methoxy groups -OCH3 is 2. The Morgan fingerprint density at radius 1 is 1.18 bits per heavy atom. The molecule has 3 aromatic rings. The molecule has 4 rings (SSSR count). The number of para-hydroxylation sites is 1. The Morgan fingerprint density at radius 3 is 2.56 bits per heavy atom. The van der Waals surface area contributed by atoms with Gasteiger partial charge in [0.2, 0.25) is 0 Å². The van der Waals surface area contributed by atoms with Gasteiger partial charge in [0, 0.05) is 24.8 Å². The zero-order chi connectivity index (χ0) is 28.1. The van der Waals surface area contributed by atoms with E-state index < -0.39 is 16.9 Å². The molecule has 1 aliphatic rings. The van der Waals surface area contributed by atoms with Crippen molar-refractivity contribution in [2.24, 2.45) is 4.99 Å². The van der Waals surface area contributed by atoms with Gasteiger partial charge < -0.3 is 18.9 Å². The van der Waals surface area contributed by atoms with Gasteiger partial charge in [-0.25, -0.2) is 9.79 Å². The van der Waals surface area contributed by atoms with E-state index in [1.165, 1.54) is 30.9 Å². The van der Waals surface area contributed by atoms with Crippen molar-refractivity contribution in [1.82, 2.24) is 4.57 Å². The summed E-state index contributed by atoms with van der Waals surface area (Å²) in [5.74, 6) is 0.215. The van der Waals surface area contributed by atoms with E-state index in [0.29, 0.717) is 44.3 Å². The molecule has 0 spiro atoms. The third kappa shape index (κ3) is 5.61. The second-order valence-corrected chi connectivity index (χ2v) is 9.38. The molecule has 1 aliphatic heterocycles. The summed E-state index contributed by atoms with van der Waals surface area (Å²) in [6, 6.07) is 10.2. The average Bonchev–Trinajstić information content (AvgIpc) is 3.22. The molecule has 0 unspecified atom stereocenters. The number of esters is 1. The second-order valence-electron chi connectivity index (χ2n) is 8.37. The van der Waals surface area contributed by atoms with E-state index in [4.69, 9.17) is 18.9 Å². The number of thiazole rings is 1. The van der Waals surface area contributed by atoms with Crippen LogP contribution in [0.2, 0.25) is 0 Å². The molecule has 0 radical (unpaired) electrons. The summed E-state index contributed by atoms with van der Waals surface area (Å²) >= 11 is 1.15. The number of nitrogens with zero attached hydrogens (tertiary/aromatic N) is 3. The summed E-state index contributed by atoms with van der Waals surface area (Å²) < 4.78 is 23.7. The molecular weight excluding hydrogens is 526 g/mol. The smallest absolute Gasteiger partial charge is 0.338 e. The van der Waals surface area contributed by atoms with Crippen LogP contribution >= 0.6 is 11.3 Å². The number of hydrogen-bond acceptors (Lipinski definition) is 10. The fourth-order valence-electron chi connectivity index (χ4n) is 4.22. The highest BCUT2D eigenvalue weighted by molar-refractivity contribution is 7.07. The summed E-state index contributed by atoms with van der Waals surface area (Å²) in [6.07, 6.45) is 1.63. The number of fused-ring (bicyclic) bond motifs is 1. The zero-order valence-electron chi connectivity index (χ0n) is 21.8. The first-order valence-corrected chi connectivity index (χ1v) is 12.8. The van der Waals surface area contributed by atoms with Crippen LogP contribution in [-0.4, -0.2) is 49.5 Å². The van der Waals surface area contributed by atoms with Crippen LogP contribution < -0.4 is 24.4 Å². The van der Waals surface area contributed by atoms with Crippen LogP contribution in [0.1, 0.15) is 31.0 Å². The first kappa shape index (κ1) is 27.7. The number of hydrogen-bond donors (Lipinski definition) is 0. The average molecular weight is 554 g/mol. The van der Waals surface area contributed by atoms with Crippen LogP contribution in [0, 0.1) is 10.1 Å². The lowest BCUT2D eigenvalue weighted by Crippen LogP contribution is -2.40. The summed E-state index contributed by atoms with van der Waals surface area (Å²) in [5, 5.41) is 11.0. The van der Waals surface area contributed by atoms with Gasteiger partial charge in [0.25, 0.3) is 11.2 Å². The molecule has 204 valence electrons. The minimum absolute atomic E-state index is 0.0276. The Morgan fingerprint density at radius 2 is 1.92 bits per heavy atom. The van der Waals surface area contributed by atoms with Crippen molar-refractivity contribution in [2.45, 2.75) is 19.9 Å². The molecule has 0 saturated heterocycles. The lowest BCUT2D eigenvalue weighted by Gasteiger charge is -2.27. The molecule has 11 nitrogen and oxygen atoms in total. The van der Waals surface area contributed by atoms with Gasteiger partial charge in [0.1, 0.15) is 12.6 Å². The number of ether oxygens (including phenoxy) is 4. The fourth-order valence-corrected chi connectivity index (χ4v) is 5.27. The number of aromatic nitrogens is 1. The third-order valence-corrected chi connectivity index (χ3v) is 6.96. The Bertz CT molecular complexity index is 1610. The highest BCUT2D eigenvalue weighted by Crippen LogP contribution is 2.40. The summed E-state index contributed by atoms with van der Waals surface area (Å²) in [4.78, 5) is 42.7. The molecule has 0 N–H and O–H groups in total. The molecule has 39 heavy (non-hydrogen) atoms. The highest BCUT2D eigenvalue weighted by Gasteiger charge is 2.36. The van der Waals surface area contributed by atoms with E-state index in [9.17, 15) is 19.7 Å². The Kier molecular flexibility index (Phi) is 8.57. The Labute approximate surface area is 227 Å². The van der Waals surface area contributed by atoms with Crippen molar-refractivity contribution in [1.29, 1.82) is 0 Å². The van der Waals surface area contributed by atoms with Crippen molar-refractivity contribution in [3.63, 3.8) is 0 Å². The standard InChI is InChI=1S/C27H27N3O8S/c1-5-37-24-19(7-6-8-20(24)36-4)23-22(26(32)38-14-13-35-3)16(2)28-27-29(23)25(31)21(39-27)15-17-9-11-18(12-10-17)30(33)34/h6-12,15,23H,5,13-14H2,1-4H3/b21-15+/t23-/m1/s1. The number of nitro benzene ring substituents is 1. The van der Waals surface area contributed by atoms with Gasteiger partial charge in [-0.15, -0.1) is 0 Å². The fraction of sp³-hybridized carbons (Fsp3) is 0.296. The van der Waals surface area contributed by atoms with Crippen LogP contribution in [-0.2, 0) is 14.3 Å². The summed E-state index contributed by atoms with van der Waals surface area (Å²) in [5.41, 5.74) is 1.29. The minimum Gasteiger partial charge on any atom is -0.493 e. The highest BCUT2D eigenvalue weighted by atomic mass is 32.1. The lowest BCUT2D eigenvalue weighted by molar-refractivity contribution is -0.384. The first-order valence-electron chi connectivity index (χ1n) is 12.0. The van der Waals surface area contributed by atoms with Crippen molar-refractivity contribution in [2.75, 3.05) is 34.0 Å². The molecule has 2 heterocycles. The van der Waals surface area contributed by atoms with E-state index in [1.54, 1.807) is 43.3 Å². The normalized spacial score (nSPS) is 15.0. The van der Waals surface area contributed by atoms with Gasteiger partial charge >= 0.3 is 5.97 Å². The molecule has 0 fully saturated rings. The summed E-state index contributed by atoms with van der Waals surface area (Å²) in [6.45, 7) is 4.08. The van der Waals surface area contributed by atoms with Gasteiger partial charge in [-0.05, 0) is 43.7 Å². The maximum absolute atomic E-state index is 13.8. The lowest BCUT2D eigenvalue weighted by atomic mass is 9.94. The van der Waals surface area contributed by atoms with Crippen LogP contribution in [0.4, 0.5) is 5.69 Å². The monoisotopic (exact) mass is 553 g/mol.